The number of allylic oxidation sites excluding steroid dienone is 1. The molecule has 0 atom stereocenters. The second-order valence-corrected chi connectivity index (χ2v) is 2.81. The fourth-order valence-electron chi connectivity index (χ4n) is 0.428. The number of hydrogen-bond acceptors (Lipinski definition) is 0. The highest BCUT2D eigenvalue weighted by molar-refractivity contribution is 6.78. The first-order valence-electron chi connectivity index (χ1n) is 2.91. The SMILES string of the molecule is CC(C)/C=C(\Cl)[B-](F)(F)F. The van der Waals surface area contributed by atoms with Gasteiger partial charge in [-0.25, -0.2) is 0 Å². The Morgan fingerprint density at radius 2 is 1.80 bits per heavy atom. The van der Waals surface area contributed by atoms with Gasteiger partial charge in [0.2, 0.25) is 0 Å². The molecule has 0 N–H and O–H groups in total. The highest BCUT2D eigenvalue weighted by Gasteiger charge is 2.26. The van der Waals surface area contributed by atoms with Gasteiger partial charge in [0.05, 0.1) is 0 Å². The van der Waals surface area contributed by atoms with Crippen molar-refractivity contribution in [2.24, 2.45) is 5.92 Å². The van der Waals surface area contributed by atoms with Crippen LogP contribution in [0.4, 0.5) is 12.9 Å². The van der Waals surface area contributed by atoms with E-state index in [0.29, 0.717) is 0 Å². The molecule has 0 aromatic carbocycles. The van der Waals surface area contributed by atoms with Crippen molar-refractivity contribution in [1.82, 2.24) is 0 Å². The van der Waals surface area contributed by atoms with Crippen molar-refractivity contribution in [2.45, 2.75) is 13.8 Å². The summed E-state index contributed by atoms with van der Waals surface area (Å²) in [5.41, 5.74) is 0. The molecular formula is C5H8BClF3-. The van der Waals surface area contributed by atoms with E-state index >= 15 is 0 Å². The summed E-state index contributed by atoms with van der Waals surface area (Å²) in [5, 5.41) is 0. The van der Waals surface area contributed by atoms with Crippen LogP contribution in [0, 0.1) is 5.92 Å². The van der Waals surface area contributed by atoms with Crippen molar-refractivity contribution in [3.05, 3.63) is 11.0 Å². The molecule has 0 saturated carbocycles. The van der Waals surface area contributed by atoms with Crippen molar-refractivity contribution < 1.29 is 12.9 Å². The van der Waals surface area contributed by atoms with Gasteiger partial charge in [-0.2, -0.15) is 0 Å². The van der Waals surface area contributed by atoms with Crippen LogP contribution in [0.15, 0.2) is 11.0 Å². The topological polar surface area (TPSA) is 0 Å². The summed E-state index contributed by atoms with van der Waals surface area (Å²) in [5.74, 6) is -0.156. The summed E-state index contributed by atoms with van der Waals surface area (Å²) in [6.07, 6.45) is 1.00. The Labute approximate surface area is 63.1 Å². The van der Waals surface area contributed by atoms with Gasteiger partial charge >= 0.3 is 6.98 Å². The lowest BCUT2D eigenvalue weighted by molar-refractivity contribution is 0.494. The van der Waals surface area contributed by atoms with Gasteiger partial charge in [0.25, 0.3) is 0 Å². The van der Waals surface area contributed by atoms with Crippen LogP contribution in [-0.4, -0.2) is 6.98 Å². The molecule has 0 saturated heterocycles. The van der Waals surface area contributed by atoms with E-state index in [9.17, 15) is 12.9 Å². The molecule has 0 spiro atoms. The van der Waals surface area contributed by atoms with Crippen molar-refractivity contribution in [2.75, 3.05) is 0 Å². The highest BCUT2D eigenvalue weighted by Crippen LogP contribution is 2.24. The standard InChI is InChI=1S/C5H8BClF3/c1-4(2)3-5(7)6(8,9)10/h3-4H,1-2H3/q-1/b5-3-. The van der Waals surface area contributed by atoms with Crippen LogP contribution in [0.5, 0.6) is 0 Å². The fraction of sp³-hybridized carbons (Fsp3) is 0.600. The normalized spacial score (nSPS) is 14.5. The monoisotopic (exact) mass is 171 g/mol. The van der Waals surface area contributed by atoms with Crippen LogP contribution in [0.25, 0.3) is 0 Å². The lowest BCUT2D eigenvalue weighted by Crippen LogP contribution is -2.16. The molecular weight excluding hydrogens is 163 g/mol. The molecule has 10 heavy (non-hydrogen) atoms. The molecule has 0 heterocycles. The molecule has 0 nitrogen and oxygen atoms in total. The second-order valence-electron chi connectivity index (χ2n) is 2.37. The van der Waals surface area contributed by atoms with Gasteiger partial charge < -0.3 is 12.9 Å². The average molecular weight is 171 g/mol. The van der Waals surface area contributed by atoms with Gasteiger partial charge in [0.1, 0.15) is 0 Å². The maximum Gasteiger partial charge on any atom is 0.520 e. The number of rotatable bonds is 2. The first kappa shape index (κ1) is 9.88. The van der Waals surface area contributed by atoms with E-state index in [-0.39, 0.29) is 5.92 Å². The van der Waals surface area contributed by atoms with Gasteiger partial charge in [-0.1, -0.05) is 19.9 Å². The molecule has 5 heteroatoms. The van der Waals surface area contributed by atoms with E-state index in [1.54, 1.807) is 13.8 Å². The molecule has 0 aliphatic rings. The Balaban J connectivity index is 4.20. The smallest absolute Gasteiger partial charge is 0.444 e. The van der Waals surface area contributed by atoms with Gasteiger partial charge in [-0.3, -0.25) is 0 Å². The van der Waals surface area contributed by atoms with Crippen molar-refractivity contribution >= 4 is 18.6 Å². The lowest BCUT2D eigenvalue weighted by atomic mass is 9.89. The summed E-state index contributed by atoms with van der Waals surface area (Å²) < 4.78 is 35.0. The third-order valence-corrected chi connectivity index (χ3v) is 1.18. The lowest BCUT2D eigenvalue weighted by Gasteiger charge is -2.13. The molecule has 0 radical (unpaired) electrons. The summed E-state index contributed by atoms with van der Waals surface area (Å²) in [4.78, 5) is -0.977. The first-order chi connectivity index (χ1) is 4.34. The van der Waals surface area contributed by atoms with E-state index in [0.717, 1.165) is 6.08 Å². The predicted octanol–water partition coefficient (Wildman–Crippen LogP) is 3.15. The largest absolute Gasteiger partial charge is 0.520 e. The van der Waals surface area contributed by atoms with Crippen molar-refractivity contribution in [1.29, 1.82) is 0 Å². The van der Waals surface area contributed by atoms with Crippen LogP contribution in [0.2, 0.25) is 0 Å². The van der Waals surface area contributed by atoms with Crippen LogP contribution >= 0.6 is 11.6 Å². The number of hydrogen-bond donors (Lipinski definition) is 0. The van der Waals surface area contributed by atoms with Crippen LogP contribution in [0.1, 0.15) is 13.8 Å². The van der Waals surface area contributed by atoms with Crippen molar-refractivity contribution in [3.8, 4) is 0 Å². The molecule has 0 rings (SSSR count). The Bertz CT molecular complexity index is 138. The molecule has 0 aliphatic heterocycles. The molecule has 60 valence electrons. The zero-order valence-corrected chi connectivity index (χ0v) is 6.50. The van der Waals surface area contributed by atoms with E-state index in [1.165, 1.54) is 0 Å². The quantitative estimate of drug-likeness (QED) is 0.560. The number of halogens is 4. The van der Waals surface area contributed by atoms with Crippen LogP contribution in [0.3, 0.4) is 0 Å². The maximum atomic E-state index is 11.7. The Morgan fingerprint density at radius 3 is 1.90 bits per heavy atom. The predicted molar refractivity (Wildman–Crippen MR) is 37.9 cm³/mol. The third kappa shape index (κ3) is 3.83. The Morgan fingerprint density at radius 1 is 1.40 bits per heavy atom. The highest BCUT2D eigenvalue weighted by atomic mass is 35.5. The minimum absolute atomic E-state index is 0.156. The zero-order chi connectivity index (χ0) is 8.36. The van der Waals surface area contributed by atoms with Gasteiger partial charge in [0, 0.05) is 0 Å². The summed E-state index contributed by atoms with van der Waals surface area (Å²) in [6.45, 7) is -1.69. The summed E-state index contributed by atoms with van der Waals surface area (Å²) in [7, 11) is 0. The van der Waals surface area contributed by atoms with E-state index in [2.05, 4.69) is 0 Å². The molecule has 0 amide bonds. The molecule has 0 aromatic rings. The van der Waals surface area contributed by atoms with Crippen LogP contribution < -0.4 is 0 Å². The summed E-state index contributed by atoms with van der Waals surface area (Å²) >= 11 is 4.92. The van der Waals surface area contributed by atoms with Gasteiger partial charge in [-0.15, -0.1) is 11.6 Å². The fourth-order valence-corrected chi connectivity index (χ4v) is 0.680. The zero-order valence-electron chi connectivity index (χ0n) is 5.74. The minimum atomic E-state index is -4.97. The van der Waals surface area contributed by atoms with Crippen LogP contribution in [-0.2, 0) is 0 Å². The maximum absolute atomic E-state index is 11.7. The van der Waals surface area contributed by atoms with E-state index < -0.39 is 11.9 Å². The van der Waals surface area contributed by atoms with E-state index in [1.807, 2.05) is 0 Å². The van der Waals surface area contributed by atoms with Gasteiger partial charge in [-0.05, 0) is 10.8 Å². The molecule has 0 bridgehead atoms. The molecule has 0 unspecified atom stereocenters. The molecule has 0 fully saturated rings. The first-order valence-corrected chi connectivity index (χ1v) is 3.29. The average Bonchev–Trinajstić information content (AvgIpc) is 1.60. The third-order valence-electron chi connectivity index (χ3n) is 0.805. The Hall–Kier alpha value is -0.115. The van der Waals surface area contributed by atoms with E-state index in [4.69, 9.17) is 11.6 Å². The van der Waals surface area contributed by atoms with Gasteiger partial charge in [0.15, 0.2) is 0 Å². The molecule has 0 aromatic heterocycles. The molecule has 0 aliphatic carbocycles. The second kappa shape index (κ2) is 3.33. The summed E-state index contributed by atoms with van der Waals surface area (Å²) in [6, 6.07) is 0. The van der Waals surface area contributed by atoms with Crippen molar-refractivity contribution in [3.63, 3.8) is 0 Å². The Kier molecular flexibility index (Phi) is 3.29. The minimum Gasteiger partial charge on any atom is -0.444 e.